The van der Waals surface area contributed by atoms with Crippen LogP contribution in [0.5, 0.6) is 5.75 Å². The lowest BCUT2D eigenvalue weighted by molar-refractivity contribution is -0.136. The Morgan fingerprint density at radius 3 is 2.50 bits per heavy atom. The number of benzene rings is 2. The van der Waals surface area contributed by atoms with E-state index >= 15 is 0 Å². The van der Waals surface area contributed by atoms with E-state index in [1.54, 1.807) is 30.3 Å². The predicted octanol–water partition coefficient (Wildman–Crippen LogP) is 2.98. The number of sulfone groups is 1. The van der Waals surface area contributed by atoms with Gasteiger partial charge in [-0.2, -0.15) is 0 Å². The fourth-order valence-electron chi connectivity index (χ4n) is 3.30. The molecule has 2 aromatic carbocycles. The quantitative estimate of drug-likeness (QED) is 0.710. The first-order valence-corrected chi connectivity index (χ1v) is 11.1. The van der Waals surface area contributed by atoms with E-state index in [1.807, 2.05) is 12.1 Å². The van der Waals surface area contributed by atoms with E-state index in [0.717, 1.165) is 12.0 Å². The minimum Gasteiger partial charge on any atom is -0.484 e. The van der Waals surface area contributed by atoms with Crippen LogP contribution < -0.4 is 4.74 Å². The second-order valence-electron chi connectivity index (χ2n) is 6.96. The van der Waals surface area contributed by atoms with Crippen molar-refractivity contribution >= 4 is 15.7 Å². The lowest BCUT2D eigenvalue weighted by Gasteiger charge is -2.28. The Balaban J connectivity index is 1.73. The van der Waals surface area contributed by atoms with Crippen LogP contribution in [0.25, 0.3) is 0 Å². The van der Waals surface area contributed by atoms with Crippen molar-refractivity contribution in [3.63, 3.8) is 0 Å². The summed E-state index contributed by atoms with van der Waals surface area (Å²) in [6, 6.07) is 13.2. The number of nitrogens with zero attached hydrogens (tertiary/aromatic N) is 1. The Morgan fingerprint density at radius 1 is 1.18 bits per heavy atom. The average molecular weight is 405 g/mol. The van der Waals surface area contributed by atoms with Crippen molar-refractivity contribution < 1.29 is 22.3 Å². The molecule has 1 aliphatic heterocycles. The van der Waals surface area contributed by atoms with Gasteiger partial charge in [0, 0.05) is 18.2 Å². The molecular formula is C21H24FNO4S. The summed E-state index contributed by atoms with van der Waals surface area (Å²) >= 11 is 0. The minimum absolute atomic E-state index is 0.0177. The van der Waals surface area contributed by atoms with Gasteiger partial charge in [-0.3, -0.25) is 4.79 Å². The Kier molecular flexibility index (Phi) is 6.34. The maximum atomic E-state index is 14.1. The molecule has 0 aromatic heterocycles. The van der Waals surface area contributed by atoms with Crippen molar-refractivity contribution in [2.45, 2.75) is 32.4 Å². The summed E-state index contributed by atoms with van der Waals surface area (Å²) in [5.74, 6) is -0.270. The number of hydrogen-bond donors (Lipinski definition) is 0. The largest absolute Gasteiger partial charge is 0.484 e. The molecule has 1 fully saturated rings. The van der Waals surface area contributed by atoms with E-state index in [2.05, 4.69) is 6.92 Å². The van der Waals surface area contributed by atoms with Crippen LogP contribution in [0.1, 0.15) is 24.5 Å². The normalized spacial score (nSPS) is 18.0. The van der Waals surface area contributed by atoms with Gasteiger partial charge in [0.2, 0.25) is 0 Å². The Hall–Kier alpha value is -2.41. The molecule has 28 heavy (non-hydrogen) atoms. The highest BCUT2D eigenvalue weighted by Crippen LogP contribution is 2.22. The summed E-state index contributed by atoms with van der Waals surface area (Å²) in [5, 5.41) is 0. The smallest absolute Gasteiger partial charge is 0.261 e. The minimum atomic E-state index is -3.18. The van der Waals surface area contributed by atoms with Crippen LogP contribution in [0.2, 0.25) is 0 Å². The summed E-state index contributed by atoms with van der Waals surface area (Å²) < 4.78 is 43.4. The fourth-order valence-corrected chi connectivity index (χ4v) is 5.03. The number of halogens is 1. The summed E-state index contributed by atoms with van der Waals surface area (Å²) in [6.07, 6.45) is 1.26. The molecule has 1 amide bonds. The summed E-state index contributed by atoms with van der Waals surface area (Å²) in [4.78, 5) is 14.3. The summed E-state index contributed by atoms with van der Waals surface area (Å²) in [6.45, 7) is 1.84. The van der Waals surface area contributed by atoms with Gasteiger partial charge >= 0.3 is 0 Å². The van der Waals surface area contributed by atoms with Crippen LogP contribution in [0, 0.1) is 5.82 Å². The number of carbonyl (C=O) groups excluding carboxylic acids is 1. The maximum Gasteiger partial charge on any atom is 0.261 e. The van der Waals surface area contributed by atoms with Crippen molar-refractivity contribution in [2.75, 3.05) is 18.1 Å². The molecule has 0 spiro atoms. The highest BCUT2D eigenvalue weighted by Gasteiger charge is 2.35. The van der Waals surface area contributed by atoms with Gasteiger partial charge < -0.3 is 9.64 Å². The van der Waals surface area contributed by atoms with E-state index in [-0.39, 0.29) is 30.6 Å². The van der Waals surface area contributed by atoms with Gasteiger partial charge in [0.25, 0.3) is 5.91 Å². The molecule has 1 atom stereocenters. The van der Waals surface area contributed by atoms with Gasteiger partial charge in [0.05, 0.1) is 11.5 Å². The molecule has 0 bridgehead atoms. The van der Waals surface area contributed by atoms with E-state index in [4.69, 9.17) is 4.74 Å². The van der Waals surface area contributed by atoms with Crippen molar-refractivity contribution in [3.05, 3.63) is 65.5 Å². The number of amides is 1. The first-order chi connectivity index (χ1) is 13.4. The molecule has 1 saturated heterocycles. The molecule has 5 nitrogen and oxygen atoms in total. The molecule has 1 aliphatic rings. The molecule has 0 radical (unpaired) electrons. The van der Waals surface area contributed by atoms with Gasteiger partial charge in [-0.05, 0) is 36.6 Å². The molecule has 3 rings (SSSR count). The Morgan fingerprint density at radius 2 is 1.89 bits per heavy atom. The molecule has 2 aromatic rings. The molecule has 0 N–H and O–H groups in total. The highest BCUT2D eigenvalue weighted by molar-refractivity contribution is 7.91. The standard InChI is InChI=1S/C21H24FNO4S/c1-2-16-7-9-19(10-8-16)27-14-21(24)23(18-11-12-28(25,26)15-18)13-17-5-3-4-6-20(17)22/h3-10,18H,2,11-15H2,1H3. The summed E-state index contributed by atoms with van der Waals surface area (Å²) in [7, 11) is -3.18. The van der Waals surface area contributed by atoms with E-state index in [9.17, 15) is 17.6 Å². The maximum absolute atomic E-state index is 14.1. The van der Waals surface area contributed by atoms with Gasteiger partial charge in [-0.1, -0.05) is 37.3 Å². The zero-order valence-corrected chi connectivity index (χ0v) is 16.6. The highest BCUT2D eigenvalue weighted by atomic mass is 32.2. The van der Waals surface area contributed by atoms with E-state index in [0.29, 0.717) is 17.7 Å². The molecule has 1 heterocycles. The van der Waals surface area contributed by atoms with Crippen molar-refractivity contribution in [3.8, 4) is 5.75 Å². The van der Waals surface area contributed by atoms with Crippen molar-refractivity contribution in [2.24, 2.45) is 0 Å². The van der Waals surface area contributed by atoms with Crippen LogP contribution in [0.4, 0.5) is 4.39 Å². The van der Waals surface area contributed by atoms with Crippen LogP contribution in [-0.2, 0) is 27.6 Å². The Bertz CT molecular complexity index is 928. The number of carbonyl (C=O) groups is 1. The number of hydrogen-bond acceptors (Lipinski definition) is 4. The van der Waals surface area contributed by atoms with Crippen LogP contribution in [-0.4, -0.2) is 43.4 Å². The lowest BCUT2D eigenvalue weighted by atomic mass is 10.1. The third kappa shape index (κ3) is 5.10. The number of rotatable bonds is 7. The average Bonchev–Trinajstić information content (AvgIpc) is 3.05. The van der Waals surface area contributed by atoms with Gasteiger partial charge in [-0.25, -0.2) is 12.8 Å². The third-order valence-corrected chi connectivity index (χ3v) is 6.71. The van der Waals surface area contributed by atoms with Crippen LogP contribution >= 0.6 is 0 Å². The molecule has 150 valence electrons. The Labute approximate surface area is 165 Å². The molecular weight excluding hydrogens is 381 g/mol. The SMILES string of the molecule is CCc1ccc(OCC(=O)N(Cc2ccccc2F)C2CCS(=O)(=O)C2)cc1. The predicted molar refractivity (Wildman–Crippen MR) is 105 cm³/mol. The van der Waals surface area contributed by atoms with Crippen molar-refractivity contribution in [1.82, 2.24) is 4.90 Å². The zero-order chi connectivity index (χ0) is 20.1. The first kappa shape index (κ1) is 20.3. The van der Waals surface area contributed by atoms with E-state index in [1.165, 1.54) is 11.0 Å². The fraction of sp³-hybridized carbons (Fsp3) is 0.381. The van der Waals surface area contributed by atoms with E-state index < -0.39 is 21.7 Å². The molecule has 0 aliphatic carbocycles. The third-order valence-electron chi connectivity index (χ3n) is 4.96. The monoisotopic (exact) mass is 405 g/mol. The first-order valence-electron chi connectivity index (χ1n) is 9.33. The van der Waals surface area contributed by atoms with Crippen LogP contribution in [0.15, 0.2) is 48.5 Å². The van der Waals surface area contributed by atoms with Gasteiger partial charge in [0.15, 0.2) is 16.4 Å². The number of aryl methyl sites for hydroxylation is 1. The summed E-state index contributed by atoms with van der Waals surface area (Å²) in [5.41, 5.74) is 1.52. The van der Waals surface area contributed by atoms with Gasteiger partial charge in [-0.15, -0.1) is 0 Å². The van der Waals surface area contributed by atoms with Crippen molar-refractivity contribution in [1.29, 1.82) is 0 Å². The lowest BCUT2D eigenvalue weighted by Crippen LogP contribution is -2.43. The number of ether oxygens (including phenoxy) is 1. The molecule has 7 heteroatoms. The van der Waals surface area contributed by atoms with Gasteiger partial charge in [0.1, 0.15) is 11.6 Å². The molecule has 1 unspecified atom stereocenters. The van der Waals surface area contributed by atoms with Crippen LogP contribution in [0.3, 0.4) is 0 Å². The second-order valence-corrected chi connectivity index (χ2v) is 9.18. The topological polar surface area (TPSA) is 63.7 Å². The zero-order valence-electron chi connectivity index (χ0n) is 15.8. The molecule has 0 saturated carbocycles. The second kappa shape index (κ2) is 8.73.